The molecule has 0 radical (unpaired) electrons. The maximum absolute atomic E-state index is 14.3. The Bertz CT molecular complexity index is 1120. The minimum Gasteiger partial charge on any atom is -0.301 e. The van der Waals surface area contributed by atoms with Crippen molar-refractivity contribution < 1.29 is 17.6 Å². The lowest BCUT2D eigenvalue weighted by atomic mass is 10.1. The fourth-order valence-corrected chi connectivity index (χ4v) is 2.76. The Morgan fingerprint density at radius 1 is 1.23 bits per heavy atom. The van der Waals surface area contributed by atoms with Gasteiger partial charge >= 0.3 is 15.9 Å². The van der Waals surface area contributed by atoms with Crippen LogP contribution >= 0.6 is 11.6 Å². The van der Waals surface area contributed by atoms with E-state index in [1.165, 1.54) is 14.0 Å². The van der Waals surface area contributed by atoms with Crippen molar-refractivity contribution in [3.63, 3.8) is 0 Å². The number of hydrogen-bond donors (Lipinski definition) is 2. The molecule has 1 heterocycles. The Morgan fingerprint density at radius 3 is 2.42 bits per heavy atom. The molecule has 2 rings (SSSR count). The Labute approximate surface area is 152 Å². The Hall–Kier alpha value is -2.50. The number of carbonyl (C=O) groups is 1. The number of nitrogens with zero attached hydrogens (tertiary/aromatic N) is 2. The molecule has 0 aliphatic heterocycles. The first-order chi connectivity index (χ1) is 12.0. The SMILES string of the molecule is CNS(=O)(=O)NC(=O)c1cc(-n2c(=O)cc(C)n(C)c2=O)c(F)cc1Cl. The van der Waals surface area contributed by atoms with Crippen LogP contribution in [0.5, 0.6) is 0 Å². The fourth-order valence-electron chi connectivity index (χ4n) is 2.07. The minimum absolute atomic E-state index is 0.351. The van der Waals surface area contributed by atoms with Crippen LogP contribution in [-0.2, 0) is 17.3 Å². The van der Waals surface area contributed by atoms with Crippen LogP contribution in [0.15, 0.2) is 27.8 Å². The van der Waals surface area contributed by atoms with E-state index in [4.69, 9.17) is 11.6 Å². The molecule has 0 aliphatic rings. The van der Waals surface area contributed by atoms with Crippen molar-refractivity contribution >= 4 is 27.7 Å². The van der Waals surface area contributed by atoms with Gasteiger partial charge in [-0.2, -0.15) is 8.42 Å². The second-order valence-electron chi connectivity index (χ2n) is 5.22. The van der Waals surface area contributed by atoms with Crippen molar-refractivity contribution in [2.45, 2.75) is 6.92 Å². The zero-order chi connectivity index (χ0) is 19.8. The summed E-state index contributed by atoms with van der Waals surface area (Å²) in [4.78, 5) is 36.6. The summed E-state index contributed by atoms with van der Waals surface area (Å²) in [7, 11) is -1.68. The number of aryl methyl sites for hydroxylation is 1. The van der Waals surface area contributed by atoms with E-state index in [0.717, 1.165) is 23.7 Å². The van der Waals surface area contributed by atoms with E-state index in [9.17, 15) is 27.2 Å². The second kappa shape index (κ2) is 7.02. The summed E-state index contributed by atoms with van der Waals surface area (Å²) in [6.07, 6.45) is 0. The molecule has 0 fully saturated rings. The highest BCUT2D eigenvalue weighted by Crippen LogP contribution is 2.22. The van der Waals surface area contributed by atoms with Gasteiger partial charge in [-0.3, -0.25) is 9.59 Å². The average Bonchev–Trinajstić information content (AvgIpc) is 2.54. The molecular formula is C14H14ClFN4O5S. The van der Waals surface area contributed by atoms with Crippen molar-refractivity contribution in [2.75, 3.05) is 7.05 Å². The van der Waals surface area contributed by atoms with Crippen LogP contribution in [0.2, 0.25) is 5.02 Å². The van der Waals surface area contributed by atoms with E-state index in [-0.39, 0.29) is 0 Å². The molecule has 9 nitrogen and oxygen atoms in total. The van der Waals surface area contributed by atoms with Gasteiger partial charge in [0.1, 0.15) is 5.82 Å². The lowest BCUT2D eigenvalue weighted by molar-refractivity contribution is 0.0981. The van der Waals surface area contributed by atoms with Gasteiger partial charge in [-0.1, -0.05) is 11.6 Å². The van der Waals surface area contributed by atoms with Gasteiger partial charge in [0.25, 0.3) is 11.5 Å². The van der Waals surface area contributed by atoms with E-state index in [1.54, 1.807) is 4.72 Å². The van der Waals surface area contributed by atoms with E-state index in [1.807, 2.05) is 4.72 Å². The molecule has 1 aromatic heterocycles. The third-order valence-corrected chi connectivity index (χ3v) is 4.88. The van der Waals surface area contributed by atoms with Gasteiger partial charge in [-0.25, -0.2) is 23.2 Å². The monoisotopic (exact) mass is 404 g/mol. The van der Waals surface area contributed by atoms with Crippen LogP contribution in [0.3, 0.4) is 0 Å². The third kappa shape index (κ3) is 3.69. The largest absolute Gasteiger partial charge is 0.335 e. The van der Waals surface area contributed by atoms with E-state index in [2.05, 4.69) is 0 Å². The molecule has 0 unspecified atom stereocenters. The van der Waals surface area contributed by atoms with Gasteiger partial charge < -0.3 is 4.57 Å². The quantitative estimate of drug-likeness (QED) is 0.733. The summed E-state index contributed by atoms with van der Waals surface area (Å²) in [5.41, 5.74) is -2.28. The molecular weight excluding hydrogens is 391 g/mol. The van der Waals surface area contributed by atoms with Crippen molar-refractivity contribution in [1.29, 1.82) is 0 Å². The molecule has 12 heteroatoms. The van der Waals surface area contributed by atoms with Crippen molar-refractivity contribution in [2.24, 2.45) is 7.05 Å². The van der Waals surface area contributed by atoms with Crippen LogP contribution in [0.25, 0.3) is 5.69 Å². The van der Waals surface area contributed by atoms with Crippen LogP contribution in [0.1, 0.15) is 16.1 Å². The first-order valence-corrected chi connectivity index (χ1v) is 8.89. The predicted octanol–water partition coefficient (Wildman–Crippen LogP) is -0.169. The number of benzene rings is 1. The summed E-state index contributed by atoms with van der Waals surface area (Å²) in [6, 6.07) is 2.65. The number of carbonyl (C=O) groups excluding carboxylic acids is 1. The molecule has 0 saturated carbocycles. The number of hydrogen-bond acceptors (Lipinski definition) is 5. The summed E-state index contributed by atoms with van der Waals surface area (Å²) < 4.78 is 42.3. The molecule has 0 bridgehead atoms. The summed E-state index contributed by atoms with van der Waals surface area (Å²) in [6.45, 7) is 1.52. The van der Waals surface area contributed by atoms with Crippen LogP contribution in [0, 0.1) is 12.7 Å². The topological polar surface area (TPSA) is 119 Å². The molecule has 2 aromatic rings. The highest BCUT2D eigenvalue weighted by atomic mass is 35.5. The molecule has 1 amide bonds. The van der Waals surface area contributed by atoms with Gasteiger partial charge in [0, 0.05) is 25.9 Å². The van der Waals surface area contributed by atoms with Crippen molar-refractivity contribution in [3.05, 3.63) is 61.1 Å². The normalized spacial score (nSPS) is 11.4. The zero-order valence-corrected chi connectivity index (χ0v) is 15.4. The highest BCUT2D eigenvalue weighted by molar-refractivity contribution is 7.88. The average molecular weight is 405 g/mol. The molecule has 0 atom stereocenters. The number of amides is 1. The number of nitrogens with one attached hydrogen (secondary N) is 2. The second-order valence-corrected chi connectivity index (χ2v) is 7.25. The molecule has 26 heavy (non-hydrogen) atoms. The Kier molecular flexibility index (Phi) is 5.35. The van der Waals surface area contributed by atoms with E-state index in [0.29, 0.717) is 16.3 Å². The molecule has 0 saturated heterocycles. The maximum atomic E-state index is 14.3. The smallest absolute Gasteiger partial charge is 0.301 e. The standard InChI is InChI=1S/C14H14ClFN4O5S/c1-7-4-12(21)20(14(23)19(7)3)11-5-8(9(15)6-10(11)16)13(22)18-26(24,25)17-2/h4-6,17H,1-3H3,(H,18,22). The Morgan fingerprint density at radius 2 is 1.85 bits per heavy atom. The van der Waals surface area contributed by atoms with Crippen molar-refractivity contribution in [1.82, 2.24) is 18.6 Å². The van der Waals surface area contributed by atoms with Gasteiger partial charge in [-0.05, 0) is 19.1 Å². The summed E-state index contributed by atoms with van der Waals surface area (Å²) >= 11 is 5.81. The summed E-state index contributed by atoms with van der Waals surface area (Å²) in [5.74, 6) is -2.20. The van der Waals surface area contributed by atoms with Crippen molar-refractivity contribution in [3.8, 4) is 5.69 Å². The minimum atomic E-state index is -4.14. The molecule has 1 aromatic carbocycles. The van der Waals surface area contributed by atoms with Gasteiger partial charge in [0.05, 0.1) is 16.3 Å². The predicted molar refractivity (Wildman–Crippen MR) is 92.4 cm³/mol. The lowest BCUT2D eigenvalue weighted by Crippen LogP contribution is -2.40. The zero-order valence-electron chi connectivity index (χ0n) is 13.8. The lowest BCUT2D eigenvalue weighted by Gasteiger charge is -2.13. The highest BCUT2D eigenvalue weighted by Gasteiger charge is 2.21. The number of halogens is 2. The van der Waals surface area contributed by atoms with Crippen LogP contribution in [0.4, 0.5) is 4.39 Å². The Balaban J connectivity index is 2.71. The fraction of sp³-hybridized carbons (Fsp3) is 0.214. The number of aromatic nitrogens is 2. The van der Waals surface area contributed by atoms with E-state index < -0.39 is 49.5 Å². The number of rotatable bonds is 4. The third-order valence-electron chi connectivity index (χ3n) is 3.58. The molecule has 2 N–H and O–H groups in total. The molecule has 140 valence electrons. The first kappa shape index (κ1) is 19.8. The summed E-state index contributed by atoms with van der Waals surface area (Å²) in [5, 5.41) is -0.396. The van der Waals surface area contributed by atoms with Gasteiger partial charge in [0.2, 0.25) is 0 Å². The first-order valence-electron chi connectivity index (χ1n) is 7.03. The molecule has 0 spiro atoms. The van der Waals surface area contributed by atoms with Gasteiger partial charge in [0.15, 0.2) is 0 Å². The van der Waals surface area contributed by atoms with E-state index >= 15 is 0 Å². The molecule has 0 aliphatic carbocycles. The van der Waals surface area contributed by atoms with Crippen LogP contribution < -0.4 is 20.7 Å². The van der Waals surface area contributed by atoms with Gasteiger partial charge in [-0.15, -0.1) is 0 Å². The maximum Gasteiger partial charge on any atom is 0.335 e. The van der Waals surface area contributed by atoms with Crippen LogP contribution in [-0.4, -0.2) is 30.5 Å².